The first-order valence-electron chi connectivity index (χ1n) is 7.89. The third kappa shape index (κ3) is 4.74. The molecule has 9 heteroatoms. The fourth-order valence-electron chi connectivity index (χ4n) is 2.39. The Kier molecular flexibility index (Phi) is 6.26. The lowest BCUT2D eigenvalue weighted by molar-refractivity contribution is -0.113. The number of carbonyl (C=O) groups is 1. The highest BCUT2D eigenvalue weighted by atomic mass is 35.5. The third-order valence-corrected chi connectivity index (χ3v) is 5.24. The van der Waals surface area contributed by atoms with Crippen LogP contribution in [0.1, 0.15) is 0 Å². The van der Waals surface area contributed by atoms with Gasteiger partial charge in [-0.2, -0.15) is 0 Å². The fourth-order valence-corrected chi connectivity index (χ4v) is 3.55. The van der Waals surface area contributed by atoms with Gasteiger partial charge in [0.05, 0.1) is 17.9 Å². The molecule has 0 fully saturated rings. The molecule has 1 aromatic heterocycles. The second-order valence-electron chi connectivity index (χ2n) is 5.56. The van der Waals surface area contributed by atoms with Crippen LogP contribution in [0, 0.1) is 0 Å². The van der Waals surface area contributed by atoms with Crippen molar-refractivity contribution in [1.29, 1.82) is 0 Å². The molecule has 3 rings (SSSR count). The zero-order chi connectivity index (χ0) is 19.4. The summed E-state index contributed by atoms with van der Waals surface area (Å²) in [6.07, 6.45) is 0. The minimum absolute atomic E-state index is 0.173. The predicted octanol–water partition coefficient (Wildman–Crippen LogP) is 4.53. The molecule has 1 N–H and O–H groups in total. The van der Waals surface area contributed by atoms with Crippen LogP contribution in [0.4, 0.5) is 5.69 Å². The molecule has 0 spiro atoms. The average molecular weight is 423 g/mol. The van der Waals surface area contributed by atoms with E-state index >= 15 is 0 Å². The van der Waals surface area contributed by atoms with Gasteiger partial charge in [-0.1, -0.05) is 47.1 Å². The maximum atomic E-state index is 12.2. The molecule has 0 aliphatic rings. The van der Waals surface area contributed by atoms with Crippen LogP contribution in [-0.4, -0.2) is 33.5 Å². The Balaban J connectivity index is 1.63. The topological polar surface area (TPSA) is 69.0 Å². The highest BCUT2D eigenvalue weighted by molar-refractivity contribution is 7.99. The number of benzene rings is 2. The Labute approximate surface area is 170 Å². The Morgan fingerprint density at radius 2 is 2.04 bits per heavy atom. The zero-order valence-electron chi connectivity index (χ0n) is 14.6. The Morgan fingerprint density at radius 3 is 2.74 bits per heavy atom. The third-order valence-electron chi connectivity index (χ3n) is 3.69. The summed E-state index contributed by atoms with van der Waals surface area (Å²) in [5, 5.41) is 12.8. The van der Waals surface area contributed by atoms with Crippen molar-refractivity contribution in [3.05, 3.63) is 52.5 Å². The molecule has 0 bridgehead atoms. The van der Waals surface area contributed by atoms with E-state index in [1.807, 2.05) is 29.8 Å². The van der Waals surface area contributed by atoms with Crippen LogP contribution in [0.25, 0.3) is 11.4 Å². The lowest BCUT2D eigenvalue weighted by Gasteiger charge is -2.08. The van der Waals surface area contributed by atoms with Gasteiger partial charge in [-0.25, -0.2) is 0 Å². The number of rotatable bonds is 6. The Morgan fingerprint density at radius 1 is 1.22 bits per heavy atom. The number of anilines is 1. The van der Waals surface area contributed by atoms with Crippen molar-refractivity contribution in [3.63, 3.8) is 0 Å². The van der Waals surface area contributed by atoms with Crippen molar-refractivity contribution in [2.45, 2.75) is 5.16 Å². The molecule has 0 saturated carbocycles. The summed E-state index contributed by atoms with van der Waals surface area (Å²) in [6, 6.07) is 12.4. The highest BCUT2D eigenvalue weighted by Gasteiger charge is 2.13. The highest BCUT2D eigenvalue weighted by Crippen LogP contribution is 2.28. The number of thioether (sulfide) groups is 1. The van der Waals surface area contributed by atoms with E-state index in [9.17, 15) is 4.79 Å². The molecule has 0 unspecified atom stereocenters. The van der Waals surface area contributed by atoms with Crippen LogP contribution in [-0.2, 0) is 11.8 Å². The van der Waals surface area contributed by atoms with Crippen LogP contribution in [0.2, 0.25) is 10.0 Å². The van der Waals surface area contributed by atoms with E-state index in [1.54, 1.807) is 24.3 Å². The van der Waals surface area contributed by atoms with Gasteiger partial charge < -0.3 is 14.6 Å². The lowest BCUT2D eigenvalue weighted by atomic mass is 10.2. The molecule has 6 nitrogen and oxygen atoms in total. The second kappa shape index (κ2) is 8.65. The van der Waals surface area contributed by atoms with Crippen LogP contribution >= 0.6 is 35.0 Å². The number of nitrogens with one attached hydrogen (secondary N) is 1. The summed E-state index contributed by atoms with van der Waals surface area (Å²) in [6.45, 7) is 0. The molecule has 0 radical (unpaired) electrons. The number of halogens is 2. The van der Waals surface area contributed by atoms with Gasteiger partial charge in [0.15, 0.2) is 11.0 Å². The largest absolute Gasteiger partial charge is 0.495 e. The molecular weight excluding hydrogens is 407 g/mol. The Hall–Kier alpha value is -2.22. The summed E-state index contributed by atoms with van der Waals surface area (Å²) in [7, 11) is 3.38. The number of amides is 1. The summed E-state index contributed by atoms with van der Waals surface area (Å²) in [5.74, 6) is 1.25. The first-order chi connectivity index (χ1) is 13.0. The van der Waals surface area contributed by atoms with Crippen molar-refractivity contribution < 1.29 is 9.53 Å². The second-order valence-corrected chi connectivity index (χ2v) is 7.35. The van der Waals surface area contributed by atoms with Crippen molar-refractivity contribution in [3.8, 4) is 17.1 Å². The van der Waals surface area contributed by atoms with Gasteiger partial charge in [0.2, 0.25) is 5.91 Å². The van der Waals surface area contributed by atoms with Crippen molar-refractivity contribution >= 4 is 46.6 Å². The van der Waals surface area contributed by atoms with E-state index in [-0.39, 0.29) is 11.7 Å². The Bertz CT molecular complexity index is 978. The minimum atomic E-state index is -0.173. The zero-order valence-corrected chi connectivity index (χ0v) is 16.9. The van der Waals surface area contributed by atoms with Crippen molar-refractivity contribution in [1.82, 2.24) is 14.8 Å². The maximum absolute atomic E-state index is 12.2. The lowest BCUT2D eigenvalue weighted by Crippen LogP contribution is -2.14. The van der Waals surface area contributed by atoms with Gasteiger partial charge in [-0.15, -0.1) is 10.2 Å². The molecule has 3 aromatic rings. The normalized spacial score (nSPS) is 10.7. The summed E-state index contributed by atoms with van der Waals surface area (Å²) < 4.78 is 6.92. The average Bonchev–Trinajstić information content (AvgIpc) is 3.01. The quantitative estimate of drug-likeness (QED) is 0.590. The smallest absolute Gasteiger partial charge is 0.234 e. The monoisotopic (exact) mass is 422 g/mol. The van der Waals surface area contributed by atoms with Gasteiger partial charge in [0.25, 0.3) is 0 Å². The molecule has 2 aromatic carbocycles. The van der Waals surface area contributed by atoms with Crippen LogP contribution < -0.4 is 10.1 Å². The summed E-state index contributed by atoms with van der Waals surface area (Å²) in [4.78, 5) is 12.2. The van der Waals surface area contributed by atoms with Gasteiger partial charge >= 0.3 is 0 Å². The van der Waals surface area contributed by atoms with Crippen LogP contribution in [0.3, 0.4) is 0 Å². The van der Waals surface area contributed by atoms with E-state index in [2.05, 4.69) is 15.5 Å². The van der Waals surface area contributed by atoms with E-state index in [4.69, 9.17) is 27.9 Å². The van der Waals surface area contributed by atoms with Crippen LogP contribution in [0.15, 0.2) is 47.6 Å². The number of aromatic nitrogens is 3. The van der Waals surface area contributed by atoms with Crippen molar-refractivity contribution in [2.75, 3.05) is 18.2 Å². The standard InChI is InChI=1S/C18H16Cl2N4O2S/c1-24-17(11-4-3-5-12(19)8-11)22-23-18(24)27-10-16(25)21-13-6-7-15(26-2)14(20)9-13/h3-9H,10H2,1-2H3,(H,21,25). The molecule has 27 heavy (non-hydrogen) atoms. The number of hydrogen-bond donors (Lipinski definition) is 1. The van der Waals surface area contributed by atoms with E-state index in [0.29, 0.717) is 32.5 Å². The van der Waals surface area contributed by atoms with E-state index in [1.165, 1.54) is 18.9 Å². The molecule has 0 aliphatic heterocycles. The molecule has 140 valence electrons. The van der Waals surface area contributed by atoms with Crippen molar-refractivity contribution in [2.24, 2.45) is 7.05 Å². The number of methoxy groups -OCH3 is 1. The first-order valence-corrected chi connectivity index (χ1v) is 9.63. The molecule has 1 heterocycles. The van der Waals surface area contributed by atoms with Gasteiger partial charge in [0.1, 0.15) is 5.75 Å². The number of carbonyl (C=O) groups excluding carboxylic acids is 1. The van der Waals surface area contributed by atoms with Crippen LogP contribution in [0.5, 0.6) is 5.75 Å². The molecule has 0 atom stereocenters. The molecule has 0 saturated heterocycles. The summed E-state index contributed by atoms with van der Waals surface area (Å²) >= 11 is 13.4. The first kappa shape index (κ1) is 19.5. The minimum Gasteiger partial charge on any atom is -0.495 e. The van der Waals surface area contributed by atoms with Gasteiger partial charge in [-0.05, 0) is 30.3 Å². The van der Waals surface area contributed by atoms with E-state index < -0.39 is 0 Å². The van der Waals surface area contributed by atoms with Gasteiger partial charge in [-0.3, -0.25) is 4.79 Å². The molecular formula is C18H16Cl2N4O2S. The maximum Gasteiger partial charge on any atom is 0.234 e. The van der Waals surface area contributed by atoms with E-state index in [0.717, 1.165) is 5.56 Å². The summed E-state index contributed by atoms with van der Waals surface area (Å²) in [5.41, 5.74) is 1.46. The molecule has 0 aliphatic carbocycles. The number of hydrogen-bond acceptors (Lipinski definition) is 5. The van der Waals surface area contributed by atoms with Gasteiger partial charge in [0, 0.05) is 23.3 Å². The molecule has 1 amide bonds. The SMILES string of the molecule is COc1ccc(NC(=O)CSc2nnc(-c3cccc(Cl)c3)n2C)cc1Cl. The fraction of sp³-hybridized carbons (Fsp3) is 0.167. The number of ether oxygens (including phenoxy) is 1. The number of nitrogens with zero attached hydrogens (tertiary/aromatic N) is 3. The predicted molar refractivity (Wildman–Crippen MR) is 109 cm³/mol.